The van der Waals surface area contributed by atoms with Crippen molar-refractivity contribution in [3.05, 3.63) is 70.9 Å². The first-order chi connectivity index (χ1) is 12.5. The first-order valence-corrected chi connectivity index (χ1v) is 8.85. The van der Waals surface area contributed by atoms with Gasteiger partial charge in [0.05, 0.1) is 0 Å². The molecular weight excluding hydrogens is 351 g/mol. The smallest absolute Gasteiger partial charge is 0.353 e. The van der Waals surface area contributed by atoms with E-state index in [0.717, 1.165) is 15.8 Å². The highest BCUT2D eigenvalue weighted by atomic mass is 32.1. The number of hydrogen-bond donors (Lipinski definition) is 0. The highest BCUT2D eigenvalue weighted by Crippen LogP contribution is 2.35. The predicted molar refractivity (Wildman–Crippen MR) is 100 cm³/mol. The van der Waals surface area contributed by atoms with Crippen LogP contribution >= 0.6 is 11.3 Å². The van der Waals surface area contributed by atoms with E-state index in [1.165, 1.54) is 17.4 Å². The molecule has 0 aliphatic heterocycles. The summed E-state index contributed by atoms with van der Waals surface area (Å²) in [6, 6.07) is 15.5. The molecule has 0 saturated heterocycles. The molecule has 4 rings (SSSR count). The summed E-state index contributed by atoms with van der Waals surface area (Å²) >= 11 is 1.28. The van der Waals surface area contributed by atoms with Gasteiger partial charge in [0.15, 0.2) is 0 Å². The topological polar surface area (TPSA) is 44.1 Å². The van der Waals surface area contributed by atoms with Crippen LogP contribution in [-0.2, 0) is 7.05 Å². The van der Waals surface area contributed by atoms with Crippen LogP contribution in [0.15, 0.2) is 54.6 Å². The van der Waals surface area contributed by atoms with Crippen molar-refractivity contribution in [1.29, 1.82) is 0 Å². The van der Waals surface area contributed by atoms with Gasteiger partial charge in [0.2, 0.25) is 0 Å². The summed E-state index contributed by atoms with van der Waals surface area (Å²) in [5.41, 5.74) is 2.02. The Kier molecular flexibility index (Phi) is 4.05. The van der Waals surface area contributed by atoms with Crippen molar-refractivity contribution in [3.8, 4) is 17.0 Å². The van der Waals surface area contributed by atoms with Gasteiger partial charge < -0.3 is 4.74 Å². The summed E-state index contributed by atoms with van der Waals surface area (Å²) < 4.78 is 21.2. The summed E-state index contributed by atoms with van der Waals surface area (Å²) in [6.45, 7) is 1.97. The van der Waals surface area contributed by atoms with Crippen LogP contribution in [0, 0.1) is 12.7 Å². The maximum Gasteiger partial charge on any atom is 0.353 e. The zero-order chi connectivity index (χ0) is 18.3. The van der Waals surface area contributed by atoms with Gasteiger partial charge in [-0.1, -0.05) is 29.8 Å². The zero-order valence-corrected chi connectivity index (χ0v) is 15.0. The van der Waals surface area contributed by atoms with E-state index in [1.807, 2.05) is 19.1 Å². The monoisotopic (exact) mass is 366 g/mol. The summed E-state index contributed by atoms with van der Waals surface area (Å²) in [5.74, 6) is -0.289. The predicted octanol–water partition coefficient (Wildman–Crippen LogP) is 4.97. The van der Waals surface area contributed by atoms with E-state index in [9.17, 15) is 9.18 Å². The minimum absolute atomic E-state index is 0.345. The highest BCUT2D eigenvalue weighted by molar-refractivity contribution is 7.20. The molecule has 2 heterocycles. The van der Waals surface area contributed by atoms with Crippen molar-refractivity contribution >= 4 is 27.5 Å². The molecule has 0 radical (unpaired) electrons. The Morgan fingerprint density at radius 1 is 1.15 bits per heavy atom. The van der Waals surface area contributed by atoms with E-state index in [2.05, 4.69) is 5.10 Å². The number of carbonyl (C=O) groups excluding carboxylic acids is 1. The number of aromatic nitrogens is 2. The molecule has 0 fully saturated rings. The fourth-order valence-electron chi connectivity index (χ4n) is 2.76. The summed E-state index contributed by atoms with van der Waals surface area (Å²) in [6.07, 6.45) is 0. The van der Waals surface area contributed by atoms with Crippen molar-refractivity contribution in [3.63, 3.8) is 0 Å². The molecule has 0 amide bonds. The van der Waals surface area contributed by atoms with Gasteiger partial charge in [-0.05, 0) is 37.3 Å². The number of esters is 1. The van der Waals surface area contributed by atoms with Crippen molar-refractivity contribution in [2.75, 3.05) is 0 Å². The molecule has 0 saturated carbocycles. The van der Waals surface area contributed by atoms with E-state index >= 15 is 0 Å². The molecule has 0 spiro atoms. The van der Waals surface area contributed by atoms with Crippen LogP contribution in [0.25, 0.3) is 21.5 Å². The van der Waals surface area contributed by atoms with Crippen LogP contribution in [0.1, 0.15) is 15.2 Å². The molecule has 2 aromatic carbocycles. The van der Waals surface area contributed by atoms with E-state index in [4.69, 9.17) is 4.74 Å². The molecule has 0 bridgehead atoms. The quantitative estimate of drug-likeness (QED) is 0.380. The zero-order valence-electron chi connectivity index (χ0n) is 14.2. The highest BCUT2D eigenvalue weighted by Gasteiger charge is 2.20. The van der Waals surface area contributed by atoms with Gasteiger partial charge in [0, 0.05) is 18.0 Å². The van der Waals surface area contributed by atoms with E-state index in [1.54, 1.807) is 48.1 Å². The molecule has 6 heteroatoms. The first-order valence-electron chi connectivity index (χ1n) is 8.03. The lowest BCUT2D eigenvalue weighted by Gasteiger charge is -2.02. The second-order valence-electron chi connectivity index (χ2n) is 5.98. The van der Waals surface area contributed by atoms with Gasteiger partial charge in [0.25, 0.3) is 0 Å². The number of hydrogen-bond acceptors (Lipinski definition) is 4. The van der Waals surface area contributed by atoms with Gasteiger partial charge in [-0.3, -0.25) is 4.68 Å². The van der Waals surface area contributed by atoms with Crippen LogP contribution < -0.4 is 4.74 Å². The third-order valence-corrected chi connectivity index (χ3v) is 5.26. The summed E-state index contributed by atoms with van der Waals surface area (Å²) in [5, 5.41) is 5.14. The normalized spacial score (nSPS) is 11.0. The van der Waals surface area contributed by atoms with Gasteiger partial charge in [-0.15, -0.1) is 11.3 Å². The van der Waals surface area contributed by atoms with Gasteiger partial charge in [-0.25, -0.2) is 9.18 Å². The van der Waals surface area contributed by atoms with Crippen molar-refractivity contribution in [2.45, 2.75) is 6.92 Å². The Labute approximate surface area is 153 Å². The third kappa shape index (κ3) is 2.88. The molecule has 130 valence electrons. The van der Waals surface area contributed by atoms with Crippen LogP contribution in [0.4, 0.5) is 4.39 Å². The number of fused-ring (bicyclic) bond motifs is 1. The maximum absolute atomic E-state index is 14.2. The average Bonchev–Trinajstić information content (AvgIpc) is 3.19. The maximum atomic E-state index is 14.2. The first kappa shape index (κ1) is 16.5. The summed E-state index contributed by atoms with van der Waals surface area (Å²) in [7, 11) is 1.78. The van der Waals surface area contributed by atoms with E-state index < -0.39 is 5.97 Å². The summed E-state index contributed by atoms with van der Waals surface area (Å²) in [4.78, 5) is 13.7. The molecule has 2 aromatic heterocycles. The van der Waals surface area contributed by atoms with Crippen LogP contribution in [0.5, 0.6) is 5.75 Å². The number of rotatable bonds is 3. The van der Waals surface area contributed by atoms with Gasteiger partial charge in [-0.2, -0.15) is 5.10 Å². The number of halogens is 1. The lowest BCUT2D eigenvalue weighted by molar-refractivity contribution is 0.0740. The number of carbonyl (C=O) groups is 1. The fraction of sp³-hybridized carbons (Fsp3) is 0.100. The molecule has 4 nitrogen and oxygen atoms in total. The molecule has 26 heavy (non-hydrogen) atoms. The molecule has 0 aliphatic rings. The van der Waals surface area contributed by atoms with Crippen LogP contribution in [0.3, 0.4) is 0 Å². The van der Waals surface area contributed by atoms with Crippen LogP contribution in [-0.4, -0.2) is 15.7 Å². The Balaban J connectivity index is 1.72. The second kappa shape index (κ2) is 6.38. The standard InChI is InChI=1S/C20H15FN2O2S/c1-12-7-9-13(10-8-12)25-20(24)17-11-15-18(22-23(2)19(15)26-17)14-5-3-4-6-16(14)21/h3-11H,1-2H3. The number of thiophene rings is 1. The number of benzene rings is 2. The number of aryl methyl sites for hydroxylation is 2. The minimum Gasteiger partial charge on any atom is -0.422 e. The molecular formula is C20H15FN2O2S. The van der Waals surface area contributed by atoms with E-state index in [-0.39, 0.29) is 5.82 Å². The Bertz CT molecular complexity index is 1110. The Morgan fingerprint density at radius 2 is 1.88 bits per heavy atom. The van der Waals surface area contributed by atoms with Crippen LogP contribution in [0.2, 0.25) is 0 Å². The van der Waals surface area contributed by atoms with Gasteiger partial charge in [0.1, 0.15) is 27.0 Å². The van der Waals surface area contributed by atoms with Crippen molar-refractivity contribution < 1.29 is 13.9 Å². The lowest BCUT2D eigenvalue weighted by atomic mass is 10.1. The molecule has 0 aliphatic carbocycles. The fourth-order valence-corrected chi connectivity index (χ4v) is 3.71. The van der Waals surface area contributed by atoms with Crippen molar-refractivity contribution in [1.82, 2.24) is 9.78 Å². The SMILES string of the molecule is Cc1ccc(OC(=O)c2cc3c(-c4ccccc4F)nn(C)c3s2)cc1. The lowest BCUT2D eigenvalue weighted by Crippen LogP contribution is -2.06. The molecule has 0 unspecified atom stereocenters. The molecule has 4 aromatic rings. The van der Waals surface area contributed by atoms with Gasteiger partial charge >= 0.3 is 5.97 Å². The van der Waals surface area contributed by atoms with E-state index in [0.29, 0.717) is 21.9 Å². The Hall–Kier alpha value is -2.99. The third-order valence-electron chi connectivity index (χ3n) is 4.07. The number of ether oxygens (including phenoxy) is 1. The molecule has 0 N–H and O–H groups in total. The number of nitrogens with zero attached hydrogens (tertiary/aromatic N) is 2. The average molecular weight is 366 g/mol. The molecule has 0 atom stereocenters. The largest absolute Gasteiger partial charge is 0.422 e. The Morgan fingerprint density at radius 3 is 2.62 bits per heavy atom. The minimum atomic E-state index is -0.436. The van der Waals surface area contributed by atoms with Crippen molar-refractivity contribution in [2.24, 2.45) is 7.05 Å². The second-order valence-corrected chi connectivity index (χ2v) is 7.01.